The summed E-state index contributed by atoms with van der Waals surface area (Å²) in [5.74, 6) is 0. The number of hydrogen-bond acceptors (Lipinski definition) is 3. The molecule has 0 amide bonds. The zero-order valence-corrected chi connectivity index (χ0v) is 9.77. The van der Waals surface area contributed by atoms with Crippen molar-refractivity contribution in [2.45, 2.75) is 26.3 Å². The molecule has 0 aliphatic heterocycles. The van der Waals surface area contributed by atoms with Crippen LogP contribution in [0.1, 0.15) is 31.9 Å². The van der Waals surface area contributed by atoms with Crippen LogP contribution in [-0.2, 0) is 0 Å². The number of benzene rings is 1. The number of hydrogen-bond donors (Lipinski definition) is 1. The molecule has 1 aromatic heterocycles. The molecule has 0 aliphatic carbocycles. The van der Waals surface area contributed by atoms with Gasteiger partial charge in [0.15, 0.2) is 0 Å². The van der Waals surface area contributed by atoms with Gasteiger partial charge in [0.1, 0.15) is 0 Å². The highest BCUT2D eigenvalue weighted by Crippen LogP contribution is 2.20. The van der Waals surface area contributed by atoms with Gasteiger partial charge < -0.3 is 5.32 Å². The maximum Gasteiger partial charge on any atom is 0.0934 e. The molecular weight excluding hydrogens is 198 g/mol. The Hall–Kier alpha value is -1.48. The van der Waals surface area contributed by atoms with Gasteiger partial charge in [-0.1, -0.05) is 19.1 Å². The summed E-state index contributed by atoms with van der Waals surface area (Å²) in [6.07, 6.45) is 4.62. The van der Waals surface area contributed by atoms with Crippen molar-refractivity contribution in [1.29, 1.82) is 0 Å². The van der Waals surface area contributed by atoms with Gasteiger partial charge in [-0.3, -0.25) is 9.97 Å². The van der Waals surface area contributed by atoms with Crippen LogP contribution < -0.4 is 5.32 Å². The number of rotatable bonds is 4. The van der Waals surface area contributed by atoms with Crippen LogP contribution in [0.5, 0.6) is 0 Å². The molecule has 1 atom stereocenters. The monoisotopic (exact) mass is 215 g/mol. The summed E-state index contributed by atoms with van der Waals surface area (Å²) in [7, 11) is 0. The Bertz CT molecular complexity index is 462. The fraction of sp³-hybridized carbons (Fsp3) is 0.385. The molecule has 84 valence electrons. The fourth-order valence-electron chi connectivity index (χ4n) is 1.84. The molecular formula is C13H17N3. The van der Waals surface area contributed by atoms with Gasteiger partial charge in [-0.05, 0) is 31.5 Å². The highest BCUT2D eigenvalue weighted by Gasteiger charge is 2.09. The van der Waals surface area contributed by atoms with Crippen molar-refractivity contribution >= 4 is 11.0 Å². The van der Waals surface area contributed by atoms with Crippen LogP contribution in [0.4, 0.5) is 0 Å². The molecule has 0 radical (unpaired) electrons. The van der Waals surface area contributed by atoms with Gasteiger partial charge in [0.2, 0.25) is 0 Å². The summed E-state index contributed by atoms with van der Waals surface area (Å²) < 4.78 is 0. The van der Waals surface area contributed by atoms with Gasteiger partial charge in [0.05, 0.1) is 11.0 Å². The molecule has 1 N–H and O–H groups in total. The zero-order chi connectivity index (χ0) is 11.4. The average molecular weight is 215 g/mol. The summed E-state index contributed by atoms with van der Waals surface area (Å²) in [5, 5.41) is 3.47. The van der Waals surface area contributed by atoms with E-state index in [9.17, 15) is 0 Å². The third-order valence-corrected chi connectivity index (χ3v) is 2.70. The first-order chi connectivity index (χ1) is 7.83. The standard InChI is InChI=1S/C13H17N3/c1-3-7-14-10(2)11-5-4-6-12-13(11)16-9-8-15-12/h4-6,8-10,14H,3,7H2,1-2H3. The first-order valence-corrected chi connectivity index (χ1v) is 5.76. The Kier molecular flexibility index (Phi) is 3.47. The molecule has 0 spiro atoms. The van der Waals surface area contributed by atoms with Crippen molar-refractivity contribution in [1.82, 2.24) is 15.3 Å². The van der Waals surface area contributed by atoms with E-state index in [0.29, 0.717) is 6.04 Å². The van der Waals surface area contributed by atoms with Gasteiger partial charge in [-0.25, -0.2) is 0 Å². The predicted octanol–water partition coefficient (Wildman–Crippen LogP) is 2.69. The summed E-state index contributed by atoms with van der Waals surface area (Å²) in [6, 6.07) is 6.47. The van der Waals surface area contributed by atoms with Crippen LogP contribution in [0.2, 0.25) is 0 Å². The molecule has 0 aliphatic rings. The molecule has 0 saturated carbocycles. The molecule has 3 heteroatoms. The van der Waals surface area contributed by atoms with Gasteiger partial charge in [0, 0.05) is 18.4 Å². The number of aromatic nitrogens is 2. The van der Waals surface area contributed by atoms with E-state index in [-0.39, 0.29) is 0 Å². The second-order valence-corrected chi connectivity index (χ2v) is 3.95. The molecule has 16 heavy (non-hydrogen) atoms. The molecule has 0 saturated heterocycles. The van der Waals surface area contributed by atoms with E-state index in [1.54, 1.807) is 12.4 Å². The molecule has 0 bridgehead atoms. The smallest absolute Gasteiger partial charge is 0.0934 e. The normalized spacial score (nSPS) is 12.9. The summed E-state index contributed by atoms with van der Waals surface area (Å²) in [4.78, 5) is 8.72. The van der Waals surface area contributed by atoms with Crippen molar-refractivity contribution in [2.75, 3.05) is 6.54 Å². The Morgan fingerprint density at radius 1 is 1.25 bits per heavy atom. The van der Waals surface area contributed by atoms with E-state index in [1.807, 2.05) is 12.1 Å². The maximum atomic E-state index is 4.41. The van der Waals surface area contributed by atoms with E-state index in [0.717, 1.165) is 24.0 Å². The molecule has 1 unspecified atom stereocenters. The van der Waals surface area contributed by atoms with Crippen LogP contribution in [-0.4, -0.2) is 16.5 Å². The van der Waals surface area contributed by atoms with Crippen LogP contribution >= 0.6 is 0 Å². The van der Waals surface area contributed by atoms with Crippen LogP contribution in [0, 0.1) is 0 Å². The van der Waals surface area contributed by atoms with Crippen LogP contribution in [0.15, 0.2) is 30.6 Å². The van der Waals surface area contributed by atoms with E-state index in [1.165, 1.54) is 5.56 Å². The Morgan fingerprint density at radius 3 is 2.88 bits per heavy atom. The minimum atomic E-state index is 0.320. The average Bonchev–Trinajstić information content (AvgIpc) is 2.35. The Labute approximate surface area is 95.9 Å². The minimum absolute atomic E-state index is 0.320. The molecule has 2 aromatic rings. The van der Waals surface area contributed by atoms with Gasteiger partial charge >= 0.3 is 0 Å². The number of nitrogens with zero attached hydrogens (tertiary/aromatic N) is 2. The first-order valence-electron chi connectivity index (χ1n) is 5.76. The summed E-state index contributed by atoms with van der Waals surface area (Å²) >= 11 is 0. The number of para-hydroxylation sites is 1. The highest BCUT2D eigenvalue weighted by molar-refractivity contribution is 5.77. The first kappa shape index (κ1) is 11.0. The third kappa shape index (κ3) is 2.19. The zero-order valence-electron chi connectivity index (χ0n) is 9.77. The van der Waals surface area contributed by atoms with Gasteiger partial charge in [-0.15, -0.1) is 0 Å². The fourth-order valence-corrected chi connectivity index (χ4v) is 1.84. The number of fused-ring (bicyclic) bond motifs is 1. The molecule has 1 heterocycles. The van der Waals surface area contributed by atoms with Gasteiger partial charge in [-0.2, -0.15) is 0 Å². The SMILES string of the molecule is CCCNC(C)c1cccc2nccnc12. The maximum absolute atomic E-state index is 4.41. The Balaban J connectivity index is 2.36. The van der Waals surface area contributed by atoms with Crippen molar-refractivity contribution < 1.29 is 0 Å². The second kappa shape index (κ2) is 5.03. The lowest BCUT2D eigenvalue weighted by atomic mass is 10.1. The summed E-state index contributed by atoms with van der Waals surface area (Å²) in [5.41, 5.74) is 3.19. The van der Waals surface area contributed by atoms with Crippen molar-refractivity contribution in [3.63, 3.8) is 0 Å². The lowest BCUT2D eigenvalue weighted by Crippen LogP contribution is -2.19. The van der Waals surface area contributed by atoms with Gasteiger partial charge in [0.25, 0.3) is 0 Å². The van der Waals surface area contributed by atoms with E-state index < -0.39 is 0 Å². The second-order valence-electron chi connectivity index (χ2n) is 3.95. The quantitative estimate of drug-likeness (QED) is 0.852. The lowest BCUT2D eigenvalue weighted by Gasteiger charge is -2.14. The van der Waals surface area contributed by atoms with Crippen LogP contribution in [0.25, 0.3) is 11.0 Å². The number of nitrogens with one attached hydrogen (secondary N) is 1. The van der Waals surface area contributed by atoms with E-state index in [2.05, 4.69) is 35.2 Å². The van der Waals surface area contributed by atoms with E-state index in [4.69, 9.17) is 0 Å². The molecule has 2 rings (SSSR count). The van der Waals surface area contributed by atoms with Crippen molar-refractivity contribution in [2.24, 2.45) is 0 Å². The summed E-state index contributed by atoms with van der Waals surface area (Å²) in [6.45, 7) is 5.36. The van der Waals surface area contributed by atoms with E-state index >= 15 is 0 Å². The van der Waals surface area contributed by atoms with Crippen molar-refractivity contribution in [3.8, 4) is 0 Å². The third-order valence-electron chi connectivity index (χ3n) is 2.70. The minimum Gasteiger partial charge on any atom is -0.310 e. The molecule has 3 nitrogen and oxygen atoms in total. The highest BCUT2D eigenvalue weighted by atomic mass is 14.9. The molecule has 0 fully saturated rings. The van der Waals surface area contributed by atoms with Crippen LogP contribution in [0.3, 0.4) is 0 Å². The topological polar surface area (TPSA) is 37.8 Å². The Morgan fingerprint density at radius 2 is 2.06 bits per heavy atom. The largest absolute Gasteiger partial charge is 0.310 e. The lowest BCUT2D eigenvalue weighted by molar-refractivity contribution is 0.573. The molecule has 1 aromatic carbocycles. The van der Waals surface area contributed by atoms with Crippen molar-refractivity contribution in [3.05, 3.63) is 36.2 Å². The predicted molar refractivity (Wildman–Crippen MR) is 66.2 cm³/mol.